The highest BCUT2D eigenvalue weighted by Crippen LogP contribution is 2.19. The number of nitrogens with one attached hydrogen (secondary N) is 1. The SMILES string of the molecule is CCn1nc(C)cc1C(=O)NC(CCCO)c1ccccc1. The largest absolute Gasteiger partial charge is 0.396 e. The molecule has 0 spiro atoms. The summed E-state index contributed by atoms with van der Waals surface area (Å²) in [5.74, 6) is -0.130. The summed E-state index contributed by atoms with van der Waals surface area (Å²) in [6, 6.07) is 11.5. The first kappa shape index (κ1) is 16.2. The minimum atomic E-state index is -0.130. The lowest BCUT2D eigenvalue weighted by Crippen LogP contribution is -2.30. The third-order valence-electron chi connectivity index (χ3n) is 3.59. The van der Waals surface area contributed by atoms with E-state index in [0.717, 1.165) is 11.3 Å². The Balaban J connectivity index is 2.17. The third-order valence-corrected chi connectivity index (χ3v) is 3.59. The van der Waals surface area contributed by atoms with Crippen LogP contribution in [0.4, 0.5) is 0 Å². The number of aliphatic hydroxyl groups excluding tert-OH is 1. The fourth-order valence-electron chi connectivity index (χ4n) is 2.50. The molecular weight excluding hydrogens is 278 g/mol. The predicted octanol–water partition coefficient (Wildman–Crippen LogP) is 2.46. The van der Waals surface area contributed by atoms with Gasteiger partial charge in [-0.2, -0.15) is 5.10 Å². The number of rotatable bonds is 7. The molecule has 118 valence electrons. The molecule has 0 saturated carbocycles. The Labute approximate surface area is 131 Å². The van der Waals surface area contributed by atoms with Crippen molar-refractivity contribution in [3.8, 4) is 0 Å². The molecule has 5 nitrogen and oxygen atoms in total. The first-order valence-corrected chi connectivity index (χ1v) is 7.66. The van der Waals surface area contributed by atoms with Crippen molar-refractivity contribution >= 4 is 5.91 Å². The van der Waals surface area contributed by atoms with Crippen LogP contribution < -0.4 is 5.32 Å². The van der Waals surface area contributed by atoms with Crippen LogP contribution in [0, 0.1) is 6.92 Å². The number of benzene rings is 1. The number of amides is 1. The van der Waals surface area contributed by atoms with E-state index in [4.69, 9.17) is 5.11 Å². The zero-order chi connectivity index (χ0) is 15.9. The van der Waals surface area contributed by atoms with Gasteiger partial charge in [0, 0.05) is 13.2 Å². The Hall–Kier alpha value is -2.14. The van der Waals surface area contributed by atoms with Gasteiger partial charge in [0.15, 0.2) is 0 Å². The first-order valence-electron chi connectivity index (χ1n) is 7.66. The van der Waals surface area contributed by atoms with Crippen LogP contribution in [0.3, 0.4) is 0 Å². The Morgan fingerprint density at radius 2 is 2.09 bits per heavy atom. The summed E-state index contributed by atoms with van der Waals surface area (Å²) in [5, 5.41) is 16.4. The Morgan fingerprint density at radius 3 is 2.73 bits per heavy atom. The molecule has 1 aromatic carbocycles. The van der Waals surface area contributed by atoms with Gasteiger partial charge in [0.25, 0.3) is 5.91 Å². The van der Waals surface area contributed by atoms with Crippen molar-refractivity contribution in [3.63, 3.8) is 0 Å². The maximum Gasteiger partial charge on any atom is 0.270 e. The van der Waals surface area contributed by atoms with Crippen LogP contribution in [0.25, 0.3) is 0 Å². The molecule has 1 unspecified atom stereocenters. The van der Waals surface area contributed by atoms with Crippen LogP contribution in [-0.2, 0) is 6.54 Å². The van der Waals surface area contributed by atoms with Crippen molar-refractivity contribution < 1.29 is 9.90 Å². The predicted molar refractivity (Wildman–Crippen MR) is 85.6 cm³/mol. The molecule has 22 heavy (non-hydrogen) atoms. The second-order valence-electron chi connectivity index (χ2n) is 5.29. The van der Waals surface area contributed by atoms with E-state index in [1.54, 1.807) is 10.7 Å². The molecule has 0 aliphatic carbocycles. The second-order valence-corrected chi connectivity index (χ2v) is 5.29. The number of hydrogen-bond acceptors (Lipinski definition) is 3. The van der Waals surface area contributed by atoms with Crippen molar-refractivity contribution in [2.45, 2.75) is 39.3 Å². The molecule has 1 amide bonds. The lowest BCUT2D eigenvalue weighted by Gasteiger charge is -2.19. The minimum absolute atomic E-state index is 0.110. The number of nitrogens with zero attached hydrogens (tertiary/aromatic N) is 2. The summed E-state index contributed by atoms with van der Waals surface area (Å²) in [5.41, 5.74) is 2.45. The van der Waals surface area contributed by atoms with E-state index in [2.05, 4.69) is 10.4 Å². The van der Waals surface area contributed by atoms with Crippen molar-refractivity contribution in [3.05, 3.63) is 53.3 Å². The molecular formula is C17H23N3O2. The van der Waals surface area contributed by atoms with Crippen molar-refractivity contribution in [1.29, 1.82) is 0 Å². The van der Waals surface area contributed by atoms with Crippen LogP contribution >= 0.6 is 0 Å². The van der Waals surface area contributed by atoms with Crippen LogP contribution in [0.2, 0.25) is 0 Å². The van der Waals surface area contributed by atoms with Gasteiger partial charge in [0.1, 0.15) is 5.69 Å². The molecule has 1 heterocycles. The fraction of sp³-hybridized carbons (Fsp3) is 0.412. The van der Waals surface area contributed by atoms with Gasteiger partial charge in [0.2, 0.25) is 0 Å². The smallest absolute Gasteiger partial charge is 0.270 e. The fourth-order valence-corrected chi connectivity index (χ4v) is 2.50. The van der Waals surface area contributed by atoms with Crippen molar-refractivity contribution in [2.75, 3.05) is 6.61 Å². The normalized spacial score (nSPS) is 12.1. The van der Waals surface area contributed by atoms with Crippen LogP contribution in [0.5, 0.6) is 0 Å². The molecule has 1 aromatic heterocycles. The maximum atomic E-state index is 12.6. The van der Waals surface area contributed by atoms with Crippen LogP contribution in [0.1, 0.15) is 47.6 Å². The van der Waals surface area contributed by atoms with E-state index in [1.165, 1.54) is 0 Å². The third kappa shape index (κ3) is 3.95. The Bertz CT molecular complexity index is 608. The lowest BCUT2D eigenvalue weighted by molar-refractivity contribution is 0.0921. The lowest BCUT2D eigenvalue weighted by atomic mass is 10.0. The van der Waals surface area contributed by atoms with Gasteiger partial charge in [0.05, 0.1) is 11.7 Å². The molecule has 0 aliphatic heterocycles. The molecule has 0 radical (unpaired) electrons. The van der Waals surface area contributed by atoms with E-state index in [1.807, 2.05) is 44.2 Å². The number of carbonyl (C=O) groups excluding carboxylic acids is 1. The molecule has 2 aromatic rings. The minimum Gasteiger partial charge on any atom is -0.396 e. The van der Waals surface area contributed by atoms with Crippen LogP contribution in [0.15, 0.2) is 36.4 Å². The summed E-state index contributed by atoms with van der Waals surface area (Å²) in [6.07, 6.45) is 1.34. The van der Waals surface area contributed by atoms with Gasteiger partial charge >= 0.3 is 0 Å². The summed E-state index contributed by atoms with van der Waals surface area (Å²) < 4.78 is 1.71. The number of aliphatic hydroxyl groups is 1. The summed E-state index contributed by atoms with van der Waals surface area (Å²) in [4.78, 5) is 12.6. The highest BCUT2D eigenvalue weighted by atomic mass is 16.3. The van der Waals surface area contributed by atoms with Gasteiger partial charge in [-0.25, -0.2) is 0 Å². The van der Waals surface area contributed by atoms with Gasteiger partial charge in [-0.1, -0.05) is 30.3 Å². The highest BCUT2D eigenvalue weighted by Gasteiger charge is 2.18. The molecule has 2 rings (SSSR count). The maximum absolute atomic E-state index is 12.6. The standard InChI is InChI=1S/C17H23N3O2/c1-3-20-16(12-13(2)19-20)17(22)18-15(10-7-11-21)14-8-5-4-6-9-14/h4-6,8-9,12,15,21H,3,7,10-11H2,1-2H3,(H,18,22). The molecule has 2 N–H and O–H groups in total. The topological polar surface area (TPSA) is 67.2 Å². The second kappa shape index (κ2) is 7.75. The molecule has 0 bridgehead atoms. The van der Waals surface area contributed by atoms with Gasteiger partial charge < -0.3 is 10.4 Å². The summed E-state index contributed by atoms with van der Waals surface area (Å²) in [7, 11) is 0. The average molecular weight is 301 g/mol. The molecule has 0 saturated heterocycles. The Morgan fingerprint density at radius 1 is 1.36 bits per heavy atom. The molecule has 0 aliphatic rings. The van der Waals surface area contributed by atoms with Gasteiger partial charge in [-0.05, 0) is 38.3 Å². The number of hydrogen-bond donors (Lipinski definition) is 2. The van der Waals surface area contributed by atoms with Crippen molar-refractivity contribution in [2.24, 2.45) is 0 Å². The summed E-state index contributed by atoms with van der Waals surface area (Å²) >= 11 is 0. The highest BCUT2D eigenvalue weighted by molar-refractivity contribution is 5.93. The van der Waals surface area contributed by atoms with E-state index in [-0.39, 0.29) is 18.6 Å². The number of aromatic nitrogens is 2. The molecule has 1 atom stereocenters. The first-order chi connectivity index (χ1) is 10.7. The average Bonchev–Trinajstić information content (AvgIpc) is 2.93. The van der Waals surface area contributed by atoms with Crippen LogP contribution in [-0.4, -0.2) is 27.4 Å². The van der Waals surface area contributed by atoms with E-state index >= 15 is 0 Å². The number of carbonyl (C=O) groups is 1. The van der Waals surface area contributed by atoms with Gasteiger partial charge in [-0.15, -0.1) is 0 Å². The Kier molecular flexibility index (Phi) is 5.72. The summed E-state index contributed by atoms with van der Waals surface area (Å²) in [6.45, 7) is 4.61. The van der Waals surface area contributed by atoms with E-state index < -0.39 is 0 Å². The molecule has 5 heteroatoms. The van der Waals surface area contributed by atoms with E-state index in [9.17, 15) is 4.79 Å². The zero-order valence-electron chi connectivity index (χ0n) is 13.1. The zero-order valence-corrected chi connectivity index (χ0v) is 13.1. The quantitative estimate of drug-likeness (QED) is 0.825. The van der Waals surface area contributed by atoms with E-state index in [0.29, 0.717) is 25.1 Å². The molecule has 0 fully saturated rings. The van der Waals surface area contributed by atoms with Crippen molar-refractivity contribution in [1.82, 2.24) is 15.1 Å². The number of aryl methyl sites for hydroxylation is 2. The monoisotopic (exact) mass is 301 g/mol. The van der Waals surface area contributed by atoms with Gasteiger partial charge in [-0.3, -0.25) is 9.48 Å².